The molecule has 0 aliphatic carbocycles. The molecule has 6 nitrogen and oxygen atoms in total. The van der Waals surface area contributed by atoms with Gasteiger partial charge in [-0.25, -0.2) is 0 Å². The minimum absolute atomic E-state index is 0.0105. The van der Waals surface area contributed by atoms with Crippen molar-refractivity contribution in [3.8, 4) is 23.0 Å². The Morgan fingerprint density at radius 2 is 1.84 bits per heavy atom. The van der Waals surface area contributed by atoms with Crippen molar-refractivity contribution in [3.05, 3.63) is 46.5 Å². The zero-order valence-electron chi connectivity index (χ0n) is 19.3. The van der Waals surface area contributed by atoms with Crippen LogP contribution in [0.25, 0.3) is 0 Å². The first-order valence-electron chi connectivity index (χ1n) is 11.2. The summed E-state index contributed by atoms with van der Waals surface area (Å²) in [7, 11) is 1.64. The fourth-order valence-electron chi connectivity index (χ4n) is 4.90. The van der Waals surface area contributed by atoms with Gasteiger partial charge < -0.3 is 24.1 Å². The fourth-order valence-corrected chi connectivity index (χ4v) is 4.90. The molecule has 5 rings (SSSR count). The molecule has 2 atom stereocenters. The highest BCUT2D eigenvalue weighted by atomic mass is 16.5. The molecule has 0 bridgehead atoms. The van der Waals surface area contributed by atoms with Gasteiger partial charge in [0.1, 0.15) is 40.8 Å². The van der Waals surface area contributed by atoms with Crippen LogP contribution in [0, 0.1) is 0 Å². The van der Waals surface area contributed by atoms with Crippen LogP contribution in [0.15, 0.2) is 24.3 Å². The van der Waals surface area contributed by atoms with Crippen molar-refractivity contribution >= 4 is 5.78 Å². The van der Waals surface area contributed by atoms with Crippen LogP contribution >= 0.6 is 0 Å². The molecule has 0 fully saturated rings. The molecule has 32 heavy (non-hydrogen) atoms. The maximum atomic E-state index is 13.6. The summed E-state index contributed by atoms with van der Waals surface area (Å²) in [4.78, 5) is 13.6. The van der Waals surface area contributed by atoms with Gasteiger partial charge in [0.25, 0.3) is 0 Å². The summed E-state index contributed by atoms with van der Waals surface area (Å²) >= 11 is 0. The van der Waals surface area contributed by atoms with Gasteiger partial charge in [0, 0.05) is 23.6 Å². The van der Waals surface area contributed by atoms with Crippen molar-refractivity contribution in [1.29, 1.82) is 0 Å². The zero-order chi connectivity index (χ0) is 22.8. The average molecular weight is 439 g/mol. The summed E-state index contributed by atoms with van der Waals surface area (Å²) in [6.07, 6.45) is 1.50. The van der Waals surface area contributed by atoms with Crippen LogP contribution < -0.4 is 18.9 Å². The molecule has 3 heterocycles. The van der Waals surface area contributed by atoms with Crippen LogP contribution in [0.1, 0.15) is 67.1 Å². The lowest BCUT2D eigenvalue weighted by molar-refractivity contribution is -0.0413. The minimum atomic E-state index is -0.685. The van der Waals surface area contributed by atoms with Crippen molar-refractivity contribution < 1.29 is 28.8 Å². The van der Waals surface area contributed by atoms with Crippen molar-refractivity contribution in [2.45, 2.75) is 70.2 Å². The standard InChI is InChI=1S/C26H30O6/c1-25(2)9-8-16-19(31-25)7-6-15(24(16)29-5)18-13-30-21-12-20-14(10-17(21)23(18)28)11-22(27)26(3,4)32-20/h6-7,10,12,18,22,27H,8-9,11,13H2,1-5H3. The number of carbonyl (C=O) groups excluding carboxylic acids is 1. The van der Waals surface area contributed by atoms with Crippen LogP contribution in [-0.4, -0.2) is 41.9 Å². The van der Waals surface area contributed by atoms with Gasteiger partial charge in [-0.1, -0.05) is 6.07 Å². The minimum Gasteiger partial charge on any atom is -0.496 e. The lowest BCUT2D eigenvalue weighted by Gasteiger charge is -2.38. The highest BCUT2D eigenvalue weighted by Crippen LogP contribution is 2.46. The van der Waals surface area contributed by atoms with Gasteiger partial charge in [0.05, 0.1) is 24.7 Å². The Hall–Kier alpha value is -2.73. The van der Waals surface area contributed by atoms with E-state index in [9.17, 15) is 9.90 Å². The van der Waals surface area contributed by atoms with E-state index >= 15 is 0 Å². The van der Waals surface area contributed by atoms with Crippen molar-refractivity contribution in [2.75, 3.05) is 13.7 Å². The molecule has 0 saturated heterocycles. The summed E-state index contributed by atoms with van der Waals surface area (Å²) in [5, 5.41) is 10.4. The van der Waals surface area contributed by atoms with E-state index in [1.54, 1.807) is 13.2 Å². The van der Waals surface area contributed by atoms with Crippen LogP contribution in [0.2, 0.25) is 0 Å². The highest BCUT2D eigenvalue weighted by Gasteiger charge is 2.40. The normalized spacial score (nSPS) is 24.8. The average Bonchev–Trinajstić information content (AvgIpc) is 2.72. The number of ether oxygens (including phenoxy) is 4. The van der Waals surface area contributed by atoms with Crippen LogP contribution in [0.5, 0.6) is 23.0 Å². The molecule has 0 aromatic heterocycles. The third-order valence-electron chi connectivity index (χ3n) is 6.93. The highest BCUT2D eigenvalue weighted by molar-refractivity contribution is 6.05. The molecular formula is C26H30O6. The predicted molar refractivity (Wildman–Crippen MR) is 119 cm³/mol. The van der Waals surface area contributed by atoms with E-state index in [2.05, 4.69) is 13.8 Å². The van der Waals surface area contributed by atoms with E-state index in [-0.39, 0.29) is 18.0 Å². The maximum Gasteiger partial charge on any atom is 0.177 e. The van der Waals surface area contributed by atoms with Crippen LogP contribution in [0.3, 0.4) is 0 Å². The number of Topliss-reactive ketones (excluding diaryl/α,β-unsaturated/α-hetero) is 1. The summed E-state index contributed by atoms with van der Waals surface area (Å²) in [6.45, 7) is 8.10. The zero-order valence-corrected chi connectivity index (χ0v) is 19.3. The number of aliphatic hydroxyl groups is 1. The van der Waals surface area contributed by atoms with E-state index in [0.717, 1.165) is 35.3 Å². The van der Waals surface area contributed by atoms with E-state index < -0.39 is 17.6 Å². The molecule has 0 spiro atoms. The predicted octanol–water partition coefficient (Wildman–Crippen LogP) is 4.23. The summed E-state index contributed by atoms with van der Waals surface area (Å²) in [5.41, 5.74) is 2.26. The van der Waals surface area contributed by atoms with E-state index in [1.165, 1.54) is 0 Å². The van der Waals surface area contributed by atoms with E-state index in [1.807, 2.05) is 32.0 Å². The molecular weight excluding hydrogens is 408 g/mol. The smallest absolute Gasteiger partial charge is 0.177 e. The molecule has 0 radical (unpaired) electrons. The first-order chi connectivity index (χ1) is 15.1. The topological polar surface area (TPSA) is 74.2 Å². The van der Waals surface area contributed by atoms with Gasteiger partial charge in [0.2, 0.25) is 0 Å². The Kier molecular flexibility index (Phi) is 4.71. The van der Waals surface area contributed by atoms with Crippen LogP contribution in [-0.2, 0) is 12.8 Å². The maximum absolute atomic E-state index is 13.6. The van der Waals surface area contributed by atoms with E-state index in [4.69, 9.17) is 18.9 Å². The number of aliphatic hydroxyl groups excluding tert-OH is 1. The molecule has 0 saturated carbocycles. The van der Waals surface area contributed by atoms with Crippen molar-refractivity contribution in [3.63, 3.8) is 0 Å². The second-order valence-electron chi connectivity index (χ2n) is 10.1. The monoisotopic (exact) mass is 438 g/mol. The molecule has 2 unspecified atom stereocenters. The van der Waals surface area contributed by atoms with Crippen molar-refractivity contribution in [1.82, 2.24) is 0 Å². The molecule has 3 aliphatic rings. The number of hydrogen-bond acceptors (Lipinski definition) is 6. The Morgan fingerprint density at radius 3 is 2.59 bits per heavy atom. The SMILES string of the molecule is COc1c(C2COc3cc4c(cc3C2=O)CC(O)C(C)(C)O4)ccc2c1CCC(C)(C)O2. The van der Waals surface area contributed by atoms with Gasteiger partial charge >= 0.3 is 0 Å². The Morgan fingerprint density at radius 1 is 1.06 bits per heavy atom. The van der Waals surface area contributed by atoms with Crippen molar-refractivity contribution in [2.24, 2.45) is 0 Å². The lowest BCUT2D eigenvalue weighted by atomic mass is 9.83. The number of rotatable bonds is 2. The summed E-state index contributed by atoms with van der Waals surface area (Å²) < 4.78 is 24.0. The Bertz CT molecular complexity index is 1100. The second-order valence-corrected chi connectivity index (χ2v) is 10.1. The van der Waals surface area contributed by atoms with E-state index in [0.29, 0.717) is 29.2 Å². The van der Waals surface area contributed by atoms with Gasteiger partial charge in [-0.15, -0.1) is 0 Å². The van der Waals surface area contributed by atoms with Crippen LogP contribution in [0.4, 0.5) is 0 Å². The van der Waals surface area contributed by atoms with Gasteiger partial charge in [0.15, 0.2) is 5.78 Å². The third-order valence-corrected chi connectivity index (χ3v) is 6.93. The Balaban J connectivity index is 1.51. The van der Waals surface area contributed by atoms with Gasteiger partial charge in [-0.3, -0.25) is 4.79 Å². The molecule has 170 valence electrons. The number of fused-ring (bicyclic) bond motifs is 3. The lowest BCUT2D eigenvalue weighted by Crippen LogP contribution is -2.46. The molecule has 3 aliphatic heterocycles. The second kappa shape index (κ2) is 7.14. The third kappa shape index (κ3) is 3.32. The molecule has 0 amide bonds. The largest absolute Gasteiger partial charge is 0.496 e. The van der Waals surface area contributed by atoms with Gasteiger partial charge in [-0.05, 0) is 58.2 Å². The first-order valence-corrected chi connectivity index (χ1v) is 11.2. The quantitative estimate of drug-likeness (QED) is 0.756. The molecule has 6 heteroatoms. The first kappa shape index (κ1) is 21.1. The molecule has 1 N–H and O–H groups in total. The van der Waals surface area contributed by atoms with Gasteiger partial charge in [-0.2, -0.15) is 0 Å². The molecule has 2 aromatic rings. The summed E-state index contributed by atoms with van der Waals surface area (Å²) in [5.74, 6) is 2.23. The fraction of sp³-hybridized carbons (Fsp3) is 0.500. The Labute approximate surface area is 188 Å². The number of ketones is 1. The number of methoxy groups -OCH3 is 1. The number of benzene rings is 2. The number of hydrogen-bond donors (Lipinski definition) is 1. The summed E-state index contributed by atoms with van der Waals surface area (Å²) in [6, 6.07) is 7.46. The number of carbonyl (C=O) groups is 1. The molecule has 2 aromatic carbocycles.